The van der Waals surface area contributed by atoms with Crippen molar-refractivity contribution in [1.29, 1.82) is 0 Å². The van der Waals surface area contributed by atoms with Crippen LogP contribution in [0.15, 0.2) is 73.6 Å². The maximum absolute atomic E-state index is 13.5. The molecule has 1 amide bonds. The number of carbonyl (C=O) groups is 1. The first-order chi connectivity index (χ1) is 17.6. The Morgan fingerprint density at radius 3 is 2.89 bits per heavy atom. The molecule has 5 rings (SSSR count). The van der Waals surface area contributed by atoms with Crippen LogP contribution in [0, 0.1) is 5.82 Å². The molecule has 0 radical (unpaired) electrons. The molecule has 2 aromatic heterocycles. The van der Waals surface area contributed by atoms with Gasteiger partial charge in [-0.05, 0) is 47.7 Å². The number of fused-ring (bicyclic) bond motifs is 3. The Hall–Kier alpha value is -3.62. The van der Waals surface area contributed by atoms with Gasteiger partial charge in [-0.15, -0.1) is 11.3 Å². The van der Waals surface area contributed by atoms with Gasteiger partial charge in [0.15, 0.2) is 0 Å². The number of benzene rings is 2. The number of ether oxygens (including phenoxy) is 1. The summed E-state index contributed by atoms with van der Waals surface area (Å²) >= 11 is 1.61. The quantitative estimate of drug-likeness (QED) is 0.236. The van der Waals surface area contributed by atoms with Gasteiger partial charge < -0.3 is 15.0 Å². The third-order valence-electron chi connectivity index (χ3n) is 6.34. The van der Waals surface area contributed by atoms with E-state index >= 15 is 0 Å². The Kier molecular flexibility index (Phi) is 7.34. The number of hydrogen-bond donors (Lipinski definition) is 1. The first-order valence-corrected chi connectivity index (χ1v) is 12.7. The second-order valence-corrected chi connectivity index (χ2v) is 9.78. The highest BCUT2D eigenvalue weighted by molar-refractivity contribution is 7.19. The summed E-state index contributed by atoms with van der Waals surface area (Å²) in [6.07, 6.45) is 4.41. The first-order valence-electron chi connectivity index (χ1n) is 11.9. The smallest absolute Gasteiger partial charge is 0.246 e. The molecule has 0 bridgehead atoms. The SMILES string of the molecule is C=CC(=O)N1CCc2c(sc3ncnc(N[C@H](CCOCc4cccc(F)c4)c4ccccc4)c23)C1. The average Bonchev–Trinajstić information content (AvgIpc) is 3.29. The summed E-state index contributed by atoms with van der Waals surface area (Å²) in [4.78, 5) is 25.1. The van der Waals surface area contributed by atoms with Crippen molar-refractivity contribution >= 4 is 33.3 Å². The van der Waals surface area contributed by atoms with Gasteiger partial charge in [0, 0.05) is 18.0 Å². The molecule has 36 heavy (non-hydrogen) atoms. The molecule has 0 fully saturated rings. The molecule has 1 aliphatic heterocycles. The summed E-state index contributed by atoms with van der Waals surface area (Å²) in [6.45, 7) is 5.68. The summed E-state index contributed by atoms with van der Waals surface area (Å²) < 4.78 is 19.4. The van der Waals surface area contributed by atoms with Crippen molar-refractivity contribution in [2.45, 2.75) is 32.0 Å². The van der Waals surface area contributed by atoms with Crippen molar-refractivity contribution in [3.05, 3.63) is 101 Å². The van der Waals surface area contributed by atoms with Gasteiger partial charge in [-0.2, -0.15) is 0 Å². The van der Waals surface area contributed by atoms with E-state index in [0.717, 1.165) is 38.5 Å². The van der Waals surface area contributed by atoms with Gasteiger partial charge in [0.05, 0.1) is 24.6 Å². The number of thiophene rings is 1. The Balaban J connectivity index is 1.35. The number of nitrogens with one attached hydrogen (secondary N) is 1. The third-order valence-corrected chi connectivity index (χ3v) is 7.47. The zero-order valence-electron chi connectivity index (χ0n) is 19.8. The molecule has 8 heteroatoms. The van der Waals surface area contributed by atoms with Crippen LogP contribution >= 0.6 is 11.3 Å². The van der Waals surface area contributed by atoms with Crippen LogP contribution in [-0.2, 0) is 29.1 Å². The lowest BCUT2D eigenvalue weighted by atomic mass is 10.0. The number of halogens is 1. The van der Waals surface area contributed by atoms with E-state index in [2.05, 4.69) is 34.0 Å². The van der Waals surface area contributed by atoms with Crippen molar-refractivity contribution in [3.8, 4) is 0 Å². The summed E-state index contributed by atoms with van der Waals surface area (Å²) in [6, 6.07) is 16.6. The van der Waals surface area contributed by atoms with Crippen molar-refractivity contribution in [2.24, 2.45) is 0 Å². The lowest BCUT2D eigenvalue weighted by Crippen LogP contribution is -2.34. The van der Waals surface area contributed by atoms with E-state index < -0.39 is 0 Å². The second kappa shape index (κ2) is 11.0. The summed E-state index contributed by atoms with van der Waals surface area (Å²) in [5.74, 6) is 0.480. The minimum Gasteiger partial charge on any atom is -0.377 e. The van der Waals surface area contributed by atoms with Gasteiger partial charge in [-0.1, -0.05) is 49.0 Å². The topological polar surface area (TPSA) is 67.4 Å². The molecule has 0 saturated carbocycles. The molecule has 184 valence electrons. The fourth-order valence-electron chi connectivity index (χ4n) is 4.54. The van der Waals surface area contributed by atoms with E-state index in [1.807, 2.05) is 29.2 Å². The van der Waals surface area contributed by atoms with E-state index in [9.17, 15) is 9.18 Å². The number of carbonyl (C=O) groups excluding carboxylic acids is 1. The van der Waals surface area contributed by atoms with Crippen molar-refractivity contribution in [3.63, 3.8) is 0 Å². The summed E-state index contributed by atoms with van der Waals surface area (Å²) in [7, 11) is 0. The second-order valence-electron chi connectivity index (χ2n) is 8.70. The predicted molar refractivity (Wildman–Crippen MR) is 140 cm³/mol. The Morgan fingerprint density at radius 1 is 1.22 bits per heavy atom. The standard InChI is InChI=1S/C28H27FN4O2S/c1-2-25(34)33-13-11-22-24(16-33)36-28-26(22)27(30-18-31-28)32-23(20-8-4-3-5-9-20)12-14-35-17-19-7-6-10-21(29)15-19/h2-10,15,18,23H,1,11-14,16-17H2,(H,30,31,32)/t23-/m1/s1. The first kappa shape index (κ1) is 24.1. The van der Waals surface area contributed by atoms with Crippen molar-refractivity contribution in [1.82, 2.24) is 14.9 Å². The molecule has 1 aliphatic rings. The molecule has 2 aromatic carbocycles. The number of amides is 1. The molecular formula is C28H27FN4O2S. The Morgan fingerprint density at radius 2 is 2.08 bits per heavy atom. The van der Waals surface area contributed by atoms with Crippen LogP contribution < -0.4 is 5.32 Å². The molecule has 3 heterocycles. The fourth-order valence-corrected chi connectivity index (χ4v) is 5.75. The van der Waals surface area contributed by atoms with E-state index in [-0.39, 0.29) is 17.8 Å². The van der Waals surface area contributed by atoms with Crippen molar-refractivity contribution in [2.75, 3.05) is 18.5 Å². The van der Waals surface area contributed by atoms with Crippen LogP contribution in [0.2, 0.25) is 0 Å². The van der Waals surface area contributed by atoms with Gasteiger partial charge in [0.1, 0.15) is 22.8 Å². The number of anilines is 1. The van der Waals surface area contributed by atoms with Crippen LogP contribution in [-0.4, -0.2) is 33.9 Å². The van der Waals surface area contributed by atoms with E-state index in [0.29, 0.717) is 32.7 Å². The molecule has 1 N–H and O–H groups in total. The highest BCUT2D eigenvalue weighted by Crippen LogP contribution is 2.38. The lowest BCUT2D eigenvalue weighted by molar-refractivity contribution is -0.126. The van der Waals surface area contributed by atoms with Gasteiger partial charge in [0.25, 0.3) is 0 Å². The maximum Gasteiger partial charge on any atom is 0.246 e. The average molecular weight is 503 g/mol. The summed E-state index contributed by atoms with van der Waals surface area (Å²) in [5, 5.41) is 4.68. The highest BCUT2D eigenvalue weighted by atomic mass is 32.1. The van der Waals surface area contributed by atoms with E-state index in [4.69, 9.17) is 4.74 Å². The minimum atomic E-state index is -0.260. The van der Waals surface area contributed by atoms with Crippen molar-refractivity contribution < 1.29 is 13.9 Å². The third kappa shape index (κ3) is 5.29. The zero-order valence-corrected chi connectivity index (χ0v) is 20.6. The van der Waals surface area contributed by atoms with Gasteiger partial charge >= 0.3 is 0 Å². The van der Waals surface area contributed by atoms with Crippen LogP contribution in [0.4, 0.5) is 10.2 Å². The van der Waals surface area contributed by atoms with Gasteiger partial charge in [0.2, 0.25) is 5.91 Å². The monoisotopic (exact) mass is 502 g/mol. The van der Waals surface area contributed by atoms with E-state index in [1.165, 1.54) is 23.8 Å². The number of hydrogen-bond acceptors (Lipinski definition) is 6. The molecule has 0 unspecified atom stereocenters. The Labute approximate surface area is 213 Å². The molecule has 1 atom stereocenters. The molecule has 0 spiro atoms. The predicted octanol–water partition coefficient (Wildman–Crippen LogP) is 5.66. The van der Waals surface area contributed by atoms with Crippen LogP contribution in [0.5, 0.6) is 0 Å². The maximum atomic E-state index is 13.5. The number of rotatable bonds is 9. The minimum absolute atomic E-state index is 0.0326. The van der Waals surface area contributed by atoms with Crippen LogP contribution in [0.25, 0.3) is 10.2 Å². The number of aromatic nitrogens is 2. The number of nitrogens with zero attached hydrogens (tertiary/aromatic N) is 3. The zero-order chi connectivity index (χ0) is 24.9. The molecule has 0 saturated heterocycles. The lowest BCUT2D eigenvalue weighted by Gasteiger charge is -2.26. The van der Waals surface area contributed by atoms with Gasteiger partial charge in [-0.25, -0.2) is 14.4 Å². The molecule has 0 aliphatic carbocycles. The summed E-state index contributed by atoms with van der Waals surface area (Å²) in [5.41, 5.74) is 3.15. The van der Waals surface area contributed by atoms with Crippen LogP contribution in [0.1, 0.15) is 34.0 Å². The van der Waals surface area contributed by atoms with Gasteiger partial charge in [-0.3, -0.25) is 4.79 Å². The Bertz CT molecular complexity index is 1370. The molecule has 6 nitrogen and oxygen atoms in total. The molecular weight excluding hydrogens is 475 g/mol. The van der Waals surface area contributed by atoms with Crippen LogP contribution in [0.3, 0.4) is 0 Å². The fraction of sp³-hybridized carbons (Fsp3) is 0.250. The molecule has 4 aromatic rings. The highest BCUT2D eigenvalue weighted by Gasteiger charge is 2.26. The largest absolute Gasteiger partial charge is 0.377 e. The normalized spacial score (nSPS) is 13.9. The van der Waals surface area contributed by atoms with E-state index in [1.54, 1.807) is 23.7 Å².